The number of phenolic OH excluding ortho intramolecular Hbond substituents is 2. The van der Waals surface area contributed by atoms with Crippen molar-refractivity contribution in [2.75, 3.05) is 0 Å². The second-order valence-electron chi connectivity index (χ2n) is 4.78. The highest BCUT2D eigenvalue weighted by molar-refractivity contribution is 5.95. The van der Waals surface area contributed by atoms with Gasteiger partial charge < -0.3 is 10.2 Å². The molecule has 0 aliphatic carbocycles. The van der Waals surface area contributed by atoms with E-state index in [9.17, 15) is 20.3 Å². The smallest absolute Gasteiger partial charge is 0.271 e. The van der Waals surface area contributed by atoms with E-state index >= 15 is 0 Å². The first-order valence-electron chi connectivity index (χ1n) is 6.66. The van der Waals surface area contributed by atoms with Gasteiger partial charge in [0.2, 0.25) is 0 Å². The topological polar surface area (TPSA) is 108 Å². The van der Waals surface area contributed by atoms with Crippen molar-refractivity contribution >= 4 is 27.8 Å². The quantitative estimate of drug-likeness (QED) is 0.419. The van der Waals surface area contributed by atoms with Crippen LogP contribution in [-0.2, 0) is 0 Å². The van der Waals surface area contributed by atoms with Gasteiger partial charge in [0.15, 0.2) is 0 Å². The summed E-state index contributed by atoms with van der Waals surface area (Å²) in [4.78, 5) is 10.2. The molecule has 0 aromatic heterocycles. The summed E-state index contributed by atoms with van der Waals surface area (Å²) in [5, 5.41) is 39.8. The Morgan fingerprint density at radius 3 is 2.43 bits per heavy atom. The van der Waals surface area contributed by atoms with Crippen molar-refractivity contribution in [2.24, 2.45) is 10.2 Å². The Morgan fingerprint density at radius 2 is 1.65 bits per heavy atom. The van der Waals surface area contributed by atoms with E-state index < -0.39 is 4.92 Å². The van der Waals surface area contributed by atoms with E-state index in [0.29, 0.717) is 5.39 Å². The highest BCUT2D eigenvalue weighted by Gasteiger charge is 2.11. The van der Waals surface area contributed by atoms with Gasteiger partial charge in [0, 0.05) is 17.5 Å². The molecule has 0 spiro atoms. The molecule has 0 unspecified atom stereocenters. The fourth-order valence-corrected chi connectivity index (χ4v) is 2.16. The summed E-state index contributed by atoms with van der Waals surface area (Å²) in [6.07, 6.45) is 0. The molecular weight excluding hydrogens is 298 g/mol. The SMILES string of the molecule is O=[N+]([O-])c1ccc(O)c(/N=N/c2c(O)ccc3ccccc23)c1. The van der Waals surface area contributed by atoms with Crippen LogP contribution < -0.4 is 0 Å². The molecule has 0 bridgehead atoms. The molecular formula is C16H11N3O4. The Bertz CT molecular complexity index is 938. The van der Waals surface area contributed by atoms with Gasteiger partial charge in [-0.15, -0.1) is 10.2 Å². The number of azo groups is 1. The maximum atomic E-state index is 10.8. The number of rotatable bonds is 3. The van der Waals surface area contributed by atoms with Gasteiger partial charge in [0.05, 0.1) is 4.92 Å². The predicted molar refractivity (Wildman–Crippen MR) is 84.6 cm³/mol. The third-order valence-corrected chi connectivity index (χ3v) is 3.31. The fraction of sp³-hybridized carbons (Fsp3) is 0. The summed E-state index contributed by atoms with van der Waals surface area (Å²) in [7, 11) is 0. The Morgan fingerprint density at radius 1 is 0.913 bits per heavy atom. The number of benzene rings is 3. The molecule has 3 rings (SSSR count). The molecule has 0 fully saturated rings. The lowest BCUT2D eigenvalue weighted by atomic mass is 10.1. The molecule has 23 heavy (non-hydrogen) atoms. The van der Waals surface area contributed by atoms with Gasteiger partial charge in [-0.25, -0.2) is 0 Å². The fourth-order valence-electron chi connectivity index (χ4n) is 2.16. The van der Waals surface area contributed by atoms with Crippen LogP contribution in [0.1, 0.15) is 0 Å². The lowest BCUT2D eigenvalue weighted by molar-refractivity contribution is -0.384. The van der Waals surface area contributed by atoms with Gasteiger partial charge in [-0.2, -0.15) is 0 Å². The Labute approximate surface area is 130 Å². The standard InChI is InChI=1S/C16H11N3O4/c20-14-8-6-11(19(22)23)9-13(14)17-18-16-12-4-2-1-3-10(12)5-7-15(16)21/h1-9,20-21H/b18-17+. The zero-order chi connectivity index (χ0) is 16.4. The van der Waals surface area contributed by atoms with Crippen LogP contribution in [0.3, 0.4) is 0 Å². The van der Waals surface area contributed by atoms with E-state index in [2.05, 4.69) is 10.2 Å². The van der Waals surface area contributed by atoms with Gasteiger partial charge in [-0.05, 0) is 17.5 Å². The molecule has 0 saturated heterocycles. The maximum absolute atomic E-state index is 10.8. The molecule has 0 saturated carbocycles. The molecule has 0 heterocycles. The number of nitro groups is 1. The van der Waals surface area contributed by atoms with Gasteiger partial charge in [0.25, 0.3) is 5.69 Å². The number of non-ortho nitro benzene ring substituents is 1. The average molecular weight is 309 g/mol. The molecule has 7 nitrogen and oxygen atoms in total. The molecule has 0 amide bonds. The minimum atomic E-state index is -0.589. The molecule has 2 N–H and O–H groups in total. The molecule has 0 radical (unpaired) electrons. The number of hydrogen-bond donors (Lipinski definition) is 2. The summed E-state index contributed by atoms with van der Waals surface area (Å²) in [5.41, 5.74) is -0.0283. The van der Waals surface area contributed by atoms with E-state index in [-0.39, 0.29) is 28.6 Å². The van der Waals surface area contributed by atoms with Crippen LogP contribution in [0.25, 0.3) is 10.8 Å². The van der Waals surface area contributed by atoms with Gasteiger partial charge in [-0.3, -0.25) is 10.1 Å². The summed E-state index contributed by atoms with van der Waals surface area (Å²) in [5.74, 6) is -0.309. The monoisotopic (exact) mass is 309 g/mol. The van der Waals surface area contributed by atoms with E-state index in [0.717, 1.165) is 11.5 Å². The van der Waals surface area contributed by atoms with Gasteiger partial charge >= 0.3 is 0 Å². The second-order valence-corrected chi connectivity index (χ2v) is 4.78. The maximum Gasteiger partial charge on any atom is 0.271 e. The van der Waals surface area contributed by atoms with Crippen molar-refractivity contribution in [1.82, 2.24) is 0 Å². The van der Waals surface area contributed by atoms with Crippen LogP contribution in [-0.4, -0.2) is 15.1 Å². The van der Waals surface area contributed by atoms with Crippen LogP contribution >= 0.6 is 0 Å². The van der Waals surface area contributed by atoms with Crippen molar-refractivity contribution in [3.63, 3.8) is 0 Å². The summed E-state index contributed by atoms with van der Waals surface area (Å²) < 4.78 is 0. The Kier molecular flexibility index (Phi) is 3.60. The lowest BCUT2D eigenvalue weighted by Crippen LogP contribution is -1.86. The number of nitrogens with zero attached hydrogens (tertiary/aromatic N) is 3. The molecule has 7 heteroatoms. The predicted octanol–water partition coefficient (Wildman–Crippen LogP) is 4.57. The summed E-state index contributed by atoms with van der Waals surface area (Å²) in [6.45, 7) is 0. The lowest BCUT2D eigenvalue weighted by Gasteiger charge is -2.04. The van der Waals surface area contributed by atoms with Crippen molar-refractivity contribution in [2.45, 2.75) is 0 Å². The molecule has 3 aromatic rings. The van der Waals surface area contributed by atoms with Gasteiger partial charge in [-0.1, -0.05) is 30.3 Å². The minimum absolute atomic E-state index is 0.0495. The van der Waals surface area contributed by atoms with Gasteiger partial charge in [0.1, 0.15) is 22.9 Å². The average Bonchev–Trinajstić information content (AvgIpc) is 2.55. The highest BCUT2D eigenvalue weighted by atomic mass is 16.6. The van der Waals surface area contributed by atoms with Crippen LogP contribution in [0, 0.1) is 10.1 Å². The highest BCUT2D eigenvalue weighted by Crippen LogP contribution is 2.37. The van der Waals surface area contributed by atoms with Crippen LogP contribution in [0.4, 0.5) is 17.1 Å². The van der Waals surface area contributed by atoms with Crippen LogP contribution in [0.2, 0.25) is 0 Å². The number of nitro benzene ring substituents is 1. The molecule has 0 atom stereocenters. The number of hydrogen-bond acceptors (Lipinski definition) is 6. The molecule has 3 aromatic carbocycles. The minimum Gasteiger partial charge on any atom is -0.506 e. The summed E-state index contributed by atoms with van der Waals surface area (Å²) in [6, 6.07) is 14.0. The normalized spacial score (nSPS) is 11.1. The zero-order valence-electron chi connectivity index (χ0n) is 11.7. The van der Waals surface area contributed by atoms with Crippen molar-refractivity contribution in [1.29, 1.82) is 0 Å². The Balaban J connectivity index is 2.09. The Hall–Kier alpha value is -3.48. The third-order valence-electron chi connectivity index (χ3n) is 3.31. The third kappa shape index (κ3) is 2.80. The van der Waals surface area contributed by atoms with Crippen LogP contribution in [0.5, 0.6) is 11.5 Å². The van der Waals surface area contributed by atoms with Crippen molar-refractivity contribution < 1.29 is 15.1 Å². The van der Waals surface area contributed by atoms with Crippen molar-refractivity contribution in [3.05, 3.63) is 64.7 Å². The zero-order valence-corrected chi connectivity index (χ0v) is 11.7. The molecule has 114 valence electrons. The van der Waals surface area contributed by atoms with Crippen LogP contribution in [0.15, 0.2) is 64.8 Å². The van der Waals surface area contributed by atoms with E-state index in [1.54, 1.807) is 18.2 Å². The van der Waals surface area contributed by atoms with E-state index in [4.69, 9.17) is 0 Å². The van der Waals surface area contributed by atoms with E-state index in [1.807, 2.05) is 12.1 Å². The summed E-state index contributed by atoms with van der Waals surface area (Å²) >= 11 is 0. The molecule has 0 aliphatic heterocycles. The molecule has 0 aliphatic rings. The number of aromatic hydroxyl groups is 2. The first-order chi connectivity index (χ1) is 11.1. The van der Waals surface area contributed by atoms with Crippen molar-refractivity contribution in [3.8, 4) is 11.5 Å². The second kappa shape index (κ2) is 5.72. The van der Waals surface area contributed by atoms with E-state index in [1.165, 1.54) is 18.2 Å². The number of phenols is 2. The largest absolute Gasteiger partial charge is 0.506 e. The first-order valence-corrected chi connectivity index (χ1v) is 6.66. The number of fused-ring (bicyclic) bond motifs is 1. The first kappa shape index (κ1) is 14.5.